The summed E-state index contributed by atoms with van der Waals surface area (Å²) in [6.07, 6.45) is 1.79. The van der Waals surface area contributed by atoms with Crippen molar-refractivity contribution in [3.8, 4) is 0 Å². The Morgan fingerprint density at radius 1 is 1.52 bits per heavy atom. The van der Waals surface area contributed by atoms with E-state index in [4.69, 9.17) is 0 Å². The zero-order valence-electron chi connectivity index (χ0n) is 12.2. The number of aryl methyl sites for hydroxylation is 1. The molecule has 2 aromatic rings. The number of aromatic nitrogens is 1. The van der Waals surface area contributed by atoms with Crippen molar-refractivity contribution in [3.63, 3.8) is 0 Å². The van der Waals surface area contributed by atoms with E-state index in [-0.39, 0.29) is 17.9 Å². The largest absolute Gasteiger partial charge is 0.393 e. The fourth-order valence-electron chi connectivity index (χ4n) is 2.81. The minimum absolute atomic E-state index is 0.178. The molecule has 1 fully saturated rings. The number of fused-ring (bicyclic) bond motifs is 1. The smallest absolute Gasteiger partial charge is 0.223 e. The van der Waals surface area contributed by atoms with Crippen LogP contribution in [0.5, 0.6) is 0 Å². The normalized spacial score (nSPS) is 20.1. The predicted octanol–water partition coefficient (Wildman–Crippen LogP) is 2.46. The maximum atomic E-state index is 12.2. The van der Waals surface area contributed by atoms with Crippen molar-refractivity contribution in [2.75, 3.05) is 13.1 Å². The number of rotatable bonds is 4. The molecule has 0 radical (unpaired) electrons. The molecule has 0 aliphatic carbocycles. The molecule has 1 aromatic carbocycles. The third-order valence-corrected chi connectivity index (χ3v) is 5.25. The van der Waals surface area contributed by atoms with Crippen molar-refractivity contribution in [1.82, 2.24) is 9.88 Å². The first-order chi connectivity index (χ1) is 10.1. The third-order valence-electron chi connectivity index (χ3n) is 4.15. The maximum Gasteiger partial charge on any atom is 0.223 e. The molecule has 2 unspecified atom stereocenters. The molecule has 1 amide bonds. The highest BCUT2D eigenvalue weighted by Gasteiger charge is 2.28. The van der Waals surface area contributed by atoms with Gasteiger partial charge >= 0.3 is 0 Å². The average Bonchev–Trinajstić information content (AvgIpc) is 3.11. The lowest BCUT2D eigenvalue weighted by atomic mass is 10.0. The summed E-state index contributed by atoms with van der Waals surface area (Å²) in [7, 11) is 0. The Morgan fingerprint density at radius 3 is 3.05 bits per heavy atom. The second-order valence-corrected chi connectivity index (χ2v) is 6.82. The number of benzene rings is 1. The first kappa shape index (κ1) is 14.5. The topological polar surface area (TPSA) is 53.4 Å². The Morgan fingerprint density at radius 2 is 2.33 bits per heavy atom. The maximum absolute atomic E-state index is 12.2. The van der Waals surface area contributed by atoms with Gasteiger partial charge in [-0.05, 0) is 25.5 Å². The number of hydrogen-bond donors (Lipinski definition) is 1. The van der Waals surface area contributed by atoms with Crippen LogP contribution >= 0.6 is 11.3 Å². The number of nitrogens with zero attached hydrogens (tertiary/aromatic N) is 2. The molecular formula is C16H20N2O2S. The fourth-order valence-corrected chi connectivity index (χ4v) is 3.77. The minimum atomic E-state index is -0.327. The van der Waals surface area contributed by atoms with E-state index in [2.05, 4.69) is 11.1 Å². The summed E-state index contributed by atoms with van der Waals surface area (Å²) in [6, 6.07) is 8.06. The van der Waals surface area contributed by atoms with Crippen LogP contribution in [0.2, 0.25) is 0 Å². The number of likely N-dealkylation sites (tertiary alicyclic amines) is 1. The van der Waals surface area contributed by atoms with Gasteiger partial charge in [-0.2, -0.15) is 0 Å². The van der Waals surface area contributed by atoms with Crippen LogP contribution in [0, 0.1) is 5.92 Å². The lowest BCUT2D eigenvalue weighted by Crippen LogP contribution is -2.30. The third kappa shape index (κ3) is 3.24. The van der Waals surface area contributed by atoms with Gasteiger partial charge in [0, 0.05) is 31.8 Å². The minimum Gasteiger partial charge on any atom is -0.393 e. The Bertz CT molecular complexity index is 605. The molecule has 1 aliphatic heterocycles. The van der Waals surface area contributed by atoms with Gasteiger partial charge in [0.1, 0.15) is 0 Å². The van der Waals surface area contributed by atoms with E-state index in [0.29, 0.717) is 19.4 Å². The molecule has 1 aromatic heterocycles. The molecule has 0 saturated carbocycles. The van der Waals surface area contributed by atoms with Crippen molar-refractivity contribution >= 4 is 27.5 Å². The summed E-state index contributed by atoms with van der Waals surface area (Å²) in [5.41, 5.74) is 1.01. The van der Waals surface area contributed by atoms with Crippen LogP contribution in [-0.2, 0) is 11.2 Å². The summed E-state index contributed by atoms with van der Waals surface area (Å²) in [6.45, 7) is 3.27. The molecule has 0 bridgehead atoms. The second-order valence-electron chi connectivity index (χ2n) is 5.70. The van der Waals surface area contributed by atoms with Crippen molar-refractivity contribution in [2.24, 2.45) is 5.92 Å². The monoisotopic (exact) mass is 304 g/mol. The molecule has 4 nitrogen and oxygen atoms in total. The van der Waals surface area contributed by atoms with Gasteiger partial charge in [-0.25, -0.2) is 4.98 Å². The van der Waals surface area contributed by atoms with Crippen molar-refractivity contribution in [2.45, 2.75) is 32.3 Å². The SMILES string of the molecule is CC(O)C1CCN(C(=O)CCc2nc3ccccc3s2)C1. The number of hydrogen-bond acceptors (Lipinski definition) is 4. The number of carbonyl (C=O) groups excluding carboxylic acids is 1. The van der Waals surface area contributed by atoms with Crippen LogP contribution in [-0.4, -0.2) is 40.1 Å². The molecule has 2 atom stereocenters. The summed E-state index contributed by atoms with van der Waals surface area (Å²) in [5, 5.41) is 10.6. The molecule has 1 saturated heterocycles. The number of amides is 1. The molecule has 1 N–H and O–H groups in total. The van der Waals surface area contributed by atoms with Gasteiger partial charge in [0.15, 0.2) is 0 Å². The number of thiazole rings is 1. The van der Waals surface area contributed by atoms with E-state index in [1.54, 1.807) is 18.3 Å². The molecule has 21 heavy (non-hydrogen) atoms. The molecule has 2 heterocycles. The van der Waals surface area contributed by atoms with Crippen LogP contribution in [0.1, 0.15) is 24.8 Å². The summed E-state index contributed by atoms with van der Waals surface area (Å²) in [4.78, 5) is 18.7. The zero-order valence-corrected chi connectivity index (χ0v) is 13.0. The molecule has 0 spiro atoms. The number of para-hydroxylation sites is 1. The standard InChI is InChI=1S/C16H20N2O2S/c1-11(19)12-8-9-18(10-12)16(20)7-6-15-17-13-4-2-3-5-14(13)21-15/h2-5,11-12,19H,6-10H2,1H3. The van der Waals surface area contributed by atoms with E-state index in [9.17, 15) is 9.90 Å². The van der Waals surface area contributed by atoms with Gasteiger partial charge in [0.25, 0.3) is 0 Å². The second kappa shape index (κ2) is 6.12. The molecular weight excluding hydrogens is 284 g/mol. The van der Waals surface area contributed by atoms with Gasteiger partial charge < -0.3 is 10.0 Å². The van der Waals surface area contributed by atoms with E-state index in [0.717, 1.165) is 23.5 Å². The Balaban J connectivity index is 1.56. The van der Waals surface area contributed by atoms with Crippen LogP contribution in [0.3, 0.4) is 0 Å². The summed E-state index contributed by atoms with van der Waals surface area (Å²) in [5.74, 6) is 0.411. The van der Waals surface area contributed by atoms with E-state index < -0.39 is 0 Å². The Kier molecular flexibility index (Phi) is 4.22. The highest BCUT2D eigenvalue weighted by atomic mass is 32.1. The number of aliphatic hydroxyl groups is 1. The van der Waals surface area contributed by atoms with Gasteiger partial charge in [-0.3, -0.25) is 4.79 Å². The quantitative estimate of drug-likeness (QED) is 0.944. The first-order valence-electron chi connectivity index (χ1n) is 7.44. The van der Waals surface area contributed by atoms with Gasteiger partial charge in [-0.1, -0.05) is 12.1 Å². The van der Waals surface area contributed by atoms with Crippen LogP contribution in [0.4, 0.5) is 0 Å². The molecule has 112 valence electrons. The van der Waals surface area contributed by atoms with Crippen molar-refractivity contribution in [3.05, 3.63) is 29.3 Å². The van der Waals surface area contributed by atoms with Crippen LogP contribution < -0.4 is 0 Å². The van der Waals surface area contributed by atoms with Gasteiger partial charge in [0.2, 0.25) is 5.91 Å². The molecule has 3 rings (SSSR count). The predicted molar refractivity (Wildman–Crippen MR) is 84.3 cm³/mol. The van der Waals surface area contributed by atoms with E-state index in [1.807, 2.05) is 23.1 Å². The lowest BCUT2D eigenvalue weighted by molar-refractivity contribution is -0.130. The molecule has 1 aliphatic rings. The van der Waals surface area contributed by atoms with Crippen molar-refractivity contribution < 1.29 is 9.90 Å². The summed E-state index contributed by atoms with van der Waals surface area (Å²) >= 11 is 1.67. The van der Waals surface area contributed by atoms with Crippen LogP contribution in [0.25, 0.3) is 10.2 Å². The zero-order chi connectivity index (χ0) is 14.8. The van der Waals surface area contributed by atoms with Gasteiger partial charge in [-0.15, -0.1) is 11.3 Å². The summed E-state index contributed by atoms with van der Waals surface area (Å²) < 4.78 is 1.18. The highest BCUT2D eigenvalue weighted by molar-refractivity contribution is 7.18. The van der Waals surface area contributed by atoms with E-state index >= 15 is 0 Å². The van der Waals surface area contributed by atoms with Crippen molar-refractivity contribution in [1.29, 1.82) is 0 Å². The van der Waals surface area contributed by atoms with E-state index in [1.165, 1.54) is 4.70 Å². The Labute approximate surface area is 128 Å². The number of carbonyl (C=O) groups is 1. The fraction of sp³-hybridized carbons (Fsp3) is 0.500. The molecule has 5 heteroatoms. The lowest BCUT2D eigenvalue weighted by Gasteiger charge is -2.17. The average molecular weight is 304 g/mol. The number of aliphatic hydroxyl groups excluding tert-OH is 1. The first-order valence-corrected chi connectivity index (χ1v) is 8.25. The Hall–Kier alpha value is -1.46. The van der Waals surface area contributed by atoms with Crippen LogP contribution in [0.15, 0.2) is 24.3 Å². The van der Waals surface area contributed by atoms with Gasteiger partial charge in [0.05, 0.1) is 21.3 Å². The highest BCUT2D eigenvalue weighted by Crippen LogP contribution is 2.24.